The van der Waals surface area contributed by atoms with Crippen molar-refractivity contribution in [3.63, 3.8) is 0 Å². The first-order valence-corrected chi connectivity index (χ1v) is 6.90. The van der Waals surface area contributed by atoms with E-state index in [-0.39, 0.29) is 17.9 Å². The zero-order valence-corrected chi connectivity index (χ0v) is 11.2. The van der Waals surface area contributed by atoms with Crippen LogP contribution in [0.3, 0.4) is 0 Å². The molecular formula is C13H24N2O3. The average molecular weight is 256 g/mol. The van der Waals surface area contributed by atoms with Crippen molar-refractivity contribution in [1.29, 1.82) is 0 Å². The first-order valence-electron chi connectivity index (χ1n) is 6.90. The van der Waals surface area contributed by atoms with E-state index in [4.69, 9.17) is 4.74 Å². The summed E-state index contributed by atoms with van der Waals surface area (Å²) in [6.45, 7) is 3.66. The third-order valence-electron chi connectivity index (χ3n) is 3.04. The lowest BCUT2D eigenvalue weighted by Gasteiger charge is -2.15. The van der Waals surface area contributed by atoms with Crippen LogP contribution in [0.2, 0.25) is 0 Å². The topological polar surface area (TPSA) is 67.4 Å². The molecule has 5 heteroatoms. The monoisotopic (exact) mass is 256 g/mol. The molecule has 0 aromatic carbocycles. The average Bonchev–Trinajstić information content (AvgIpc) is 2.63. The molecule has 1 aliphatic heterocycles. The summed E-state index contributed by atoms with van der Waals surface area (Å²) in [5.41, 5.74) is 0. The van der Waals surface area contributed by atoms with Gasteiger partial charge in [-0.15, -0.1) is 0 Å². The minimum atomic E-state index is -0.195. The Bertz CT molecular complexity index is 261. The third kappa shape index (κ3) is 6.00. The highest BCUT2D eigenvalue weighted by Gasteiger charge is 2.18. The molecule has 1 rings (SSSR count). The molecule has 0 aromatic rings. The Morgan fingerprint density at radius 1 is 1.33 bits per heavy atom. The summed E-state index contributed by atoms with van der Waals surface area (Å²) < 4.78 is 4.82. The lowest BCUT2D eigenvalue weighted by molar-refractivity contribution is -0.143. The largest absolute Gasteiger partial charge is 0.466 e. The number of carbonyl (C=O) groups is 2. The molecule has 1 heterocycles. The maximum absolute atomic E-state index is 11.8. The summed E-state index contributed by atoms with van der Waals surface area (Å²) in [6, 6.07) is -0.0601. The van der Waals surface area contributed by atoms with E-state index in [9.17, 15) is 9.59 Å². The van der Waals surface area contributed by atoms with E-state index in [0.717, 1.165) is 25.8 Å². The van der Waals surface area contributed by atoms with Crippen LogP contribution in [-0.2, 0) is 14.3 Å². The predicted octanol–water partition coefficient (Wildman–Crippen LogP) is 0.978. The van der Waals surface area contributed by atoms with Crippen molar-refractivity contribution in [2.75, 3.05) is 19.7 Å². The van der Waals surface area contributed by atoms with Gasteiger partial charge >= 0.3 is 5.97 Å². The summed E-state index contributed by atoms with van der Waals surface area (Å²) in [6.07, 6.45) is 5.35. The van der Waals surface area contributed by atoms with Gasteiger partial charge < -0.3 is 15.4 Å². The molecule has 0 spiro atoms. The van der Waals surface area contributed by atoms with Crippen molar-refractivity contribution in [2.24, 2.45) is 0 Å². The highest BCUT2D eigenvalue weighted by Crippen LogP contribution is 2.08. The van der Waals surface area contributed by atoms with Gasteiger partial charge in [0.25, 0.3) is 0 Å². The third-order valence-corrected chi connectivity index (χ3v) is 3.04. The van der Waals surface area contributed by atoms with Crippen LogP contribution in [0.25, 0.3) is 0 Å². The summed E-state index contributed by atoms with van der Waals surface area (Å²) in [5.74, 6) is -0.139. The Morgan fingerprint density at radius 3 is 2.94 bits per heavy atom. The molecule has 0 aliphatic carbocycles. The quantitative estimate of drug-likeness (QED) is 0.549. The summed E-state index contributed by atoms with van der Waals surface area (Å²) in [5, 5.41) is 6.12. The fourth-order valence-electron chi connectivity index (χ4n) is 2.05. The van der Waals surface area contributed by atoms with Crippen molar-refractivity contribution in [3.05, 3.63) is 0 Å². The van der Waals surface area contributed by atoms with Crippen LogP contribution < -0.4 is 10.6 Å². The molecule has 1 atom stereocenters. The number of amides is 1. The normalized spacial score (nSPS) is 19.9. The van der Waals surface area contributed by atoms with Crippen molar-refractivity contribution in [3.8, 4) is 0 Å². The molecule has 0 bridgehead atoms. The van der Waals surface area contributed by atoms with E-state index in [2.05, 4.69) is 10.6 Å². The van der Waals surface area contributed by atoms with Gasteiger partial charge in [-0.3, -0.25) is 9.59 Å². The lowest BCUT2D eigenvalue weighted by atomic mass is 10.1. The molecule has 0 radical (unpaired) electrons. The molecule has 1 amide bonds. The van der Waals surface area contributed by atoms with Crippen LogP contribution in [0.4, 0.5) is 0 Å². The van der Waals surface area contributed by atoms with Gasteiger partial charge in [0, 0.05) is 13.0 Å². The van der Waals surface area contributed by atoms with Crippen molar-refractivity contribution < 1.29 is 14.3 Å². The second-order valence-corrected chi connectivity index (χ2v) is 4.56. The molecular weight excluding hydrogens is 232 g/mol. The Balaban J connectivity index is 2.10. The summed E-state index contributed by atoms with van der Waals surface area (Å²) >= 11 is 0. The predicted molar refractivity (Wildman–Crippen MR) is 69.1 cm³/mol. The first-order chi connectivity index (χ1) is 8.74. The minimum absolute atomic E-state index is 0.0563. The SMILES string of the molecule is CCOC(=O)CCCNC(=O)C1CCCCCN1. The van der Waals surface area contributed by atoms with E-state index < -0.39 is 0 Å². The first kappa shape index (κ1) is 15.0. The highest BCUT2D eigenvalue weighted by molar-refractivity contribution is 5.81. The van der Waals surface area contributed by atoms with E-state index in [1.54, 1.807) is 6.92 Å². The van der Waals surface area contributed by atoms with Crippen molar-refractivity contribution >= 4 is 11.9 Å². The number of nitrogens with one attached hydrogen (secondary N) is 2. The van der Waals surface area contributed by atoms with Crippen LogP contribution in [0.15, 0.2) is 0 Å². The number of rotatable bonds is 6. The molecule has 1 unspecified atom stereocenters. The van der Waals surface area contributed by atoms with Gasteiger partial charge in [-0.05, 0) is 32.7 Å². The van der Waals surface area contributed by atoms with Crippen molar-refractivity contribution in [1.82, 2.24) is 10.6 Å². The van der Waals surface area contributed by atoms with Crippen LogP contribution in [0, 0.1) is 0 Å². The Hall–Kier alpha value is -1.10. The van der Waals surface area contributed by atoms with Gasteiger partial charge in [0.15, 0.2) is 0 Å². The Labute approximate surface area is 109 Å². The number of hydrogen-bond acceptors (Lipinski definition) is 4. The number of carbonyl (C=O) groups excluding carboxylic acids is 2. The van der Waals surface area contributed by atoms with Gasteiger partial charge in [0.05, 0.1) is 12.6 Å². The molecule has 1 fully saturated rings. The van der Waals surface area contributed by atoms with Gasteiger partial charge in [-0.2, -0.15) is 0 Å². The second kappa shape index (κ2) is 8.91. The maximum Gasteiger partial charge on any atom is 0.305 e. The Kier molecular flexibility index (Phi) is 7.41. The summed E-state index contributed by atoms with van der Waals surface area (Å²) in [4.78, 5) is 22.9. The minimum Gasteiger partial charge on any atom is -0.466 e. The van der Waals surface area contributed by atoms with Crippen LogP contribution in [0.5, 0.6) is 0 Å². The van der Waals surface area contributed by atoms with Gasteiger partial charge in [-0.25, -0.2) is 0 Å². The molecule has 0 saturated carbocycles. The van der Waals surface area contributed by atoms with Crippen molar-refractivity contribution in [2.45, 2.75) is 51.5 Å². The zero-order chi connectivity index (χ0) is 13.2. The molecule has 1 aliphatic rings. The van der Waals surface area contributed by atoms with Crippen LogP contribution in [-0.4, -0.2) is 37.6 Å². The standard InChI is InChI=1S/C13H24N2O3/c1-2-18-12(16)8-6-10-15-13(17)11-7-4-3-5-9-14-11/h11,14H,2-10H2,1H3,(H,15,17). The second-order valence-electron chi connectivity index (χ2n) is 4.56. The van der Waals surface area contributed by atoms with E-state index in [1.165, 1.54) is 6.42 Å². The Morgan fingerprint density at radius 2 is 2.17 bits per heavy atom. The fraction of sp³-hybridized carbons (Fsp3) is 0.846. The highest BCUT2D eigenvalue weighted by atomic mass is 16.5. The number of hydrogen-bond donors (Lipinski definition) is 2. The summed E-state index contributed by atoms with van der Waals surface area (Å²) in [7, 11) is 0. The zero-order valence-electron chi connectivity index (χ0n) is 11.2. The van der Waals surface area contributed by atoms with E-state index >= 15 is 0 Å². The van der Waals surface area contributed by atoms with Crippen LogP contribution >= 0.6 is 0 Å². The maximum atomic E-state index is 11.8. The van der Waals surface area contributed by atoms with Gasteiger partial charge in [-0.1, -0.05) is 12.8 Å². The van der Waals surface area contributed by atoms with Gasteiger partial charge in [0.1, 0.15) is 0 Å². The fourth-order valence-corrected chi connectivity index (χ4v) is 2.05. The number of ether oxygens (including phenoxy) is 1. The smallest absolute Gasteiger partial charge is 0.305 e. The van der Waals surface area contributed by atoms with Gasteiger partial charge in [0.2, 0.25) is 5.91 Å². The molecule has 2 N–H and O–H groups in total. The molecule has 18 heavy (non-hydrogen) atoms. The van der Waals surface area contributed by atoms with E-state index in [0.29, 0.717) is 26.0 Å². The molecule has 0 aromatic heterocycles. The molecule has 5 nitrogen and oxygen atoms in total. The van der Waals surface area contributed by atoms with Crippen LogP contribution in [0.1, 0.15) is 45.4 Å². The molecule has 104 valence electrons. The molecule has 1 saturated heterocycles. The van der Waals surface area contributed by atoms with E-state index in [1.807, 2.05) is 0 Å². The number of esters is 1. The lowest BCUT2D eigenvalue weighted by Crippen LogP contribution is -2.44.